The fourth-order valence-electron chi connectivity index (χ4n) is 1.86. The first-order valence-electron chi connectivity index (χ1n) is 6.72. The van der Waals surface area contributed by atoms with Crippen molar-refractivity contribution in [1.29, 1.82) is 5.26 Å². The largest absolute Gasteiger partial charge is 0.389 e. The van der Waals surface area contributed by atoms with Gasteiger partial charge in [-0.15, -0.1) is 11.3 Å². The summed E-state index contributed by atoms with van der Waals surface area (Å²) in [5.41, 5.74) is 2.51. The highest BCUT2D eigenvalue weighted by atomic mass is 32.1. The molecule has 21 heavy (non-hydrogen) atoms. The van der Waals surface area contributed by atoms with Crippen molar-refractivity contribution >= 4 is 17.0 Å². The van der Waals surface area contributed by atoms with E-state index < -0.39 is 6.10 Å². The van der Waals surface area contributed by atoms with E-state index in [1.54, 1.807) is 23.5 Å². The zero-order valence-electron chi connectivity index (χ0n) is 11.9. The van der Waals surface area contributed by atoms with Gasteiger partial charge in [0.15, 0.2) is 0 Å². The second kappa shape index (κ2) is 7.79. The molecule has 0 saturated heterocycles. The van der Waals surface area contributed by atoms with E-state index in [0.717, 1.165) is 16.1 Å². The first-order chi connectivity index (χ1) is 10.2. The van der Waals surface area contributed by atoms with E-state index in [1.165, 1.54) is 0 Å². The smallest absolute Gasteiger partial charge is 0.0992 e. The zero-order chi connectivity index (χ0) is 15.1. The zero-order valence-corrected chi connectivity index (χ0v) is 12.7. The summed E-state index contributed by atoms with van der Waals surface area (Å²) >= 11 is 1.64. The minimum atomic E-state index is -0.588. The predicted molar refractivity (Wildman–Crippen MR) is 84.4 cm³/mol. The average molecular weight is 302 g/mol. The Morgan fingerprint density at radius 3 is 3.00 bits per heavy atom. The highest BCUT2D eigenvalue weighted by Crippen LogP contribution is 2.16. The van der Waals surface area contributed by atoms with Gasteiger partial charge in [-0.2, -0.15) is 5.26 Å². The number of anilines is 1. The number of ether oxygens (including phenoxy) is 1. The van der Waals surface area contributed by atoms with Gasteiger partial charge in [0.2, 0.25) is 0 Å². The van der Waals surface area contributed by atoms with Crippen molar-refractivity contribution in [1.82, 2.24) is 0 Å². The van der Waals surface area contributed by atoms with Gasteiger partial charge >= 0.3 is 0 Å². The van der Waals surface area contributed by atoms with E-state index >= 15 is 0 Å². The van der Waals surface area contributed by atoms with Crippen molar-refractivity contribution < 1.29 is 9.84 Å². The Kier molecular flexibility index (Phi) is 5.76. The van der Waals surface area contributed by atoms with Crippen molar-refractivity contribution in [2.45, 2.75) is 19.6 Å². The van der Waals surface area contributed by atoms with Gasteiger partial charge in [-0.05, 0) is 36.1 Å². The van der Waals surface area contributed by atoms with Gasteiger partial charge in [0.05, 0.1) is 31.0 Å². The Labute approximate surface area is 128 Å². The number of aryl methyl sites for hydroxylation is 1. The molecule has 2 N–H and O–H groups in total. The number of nitriles is 1. The van der Waals surface area contributed by atoms with Crippen LogP contribution in [0.2, 0.25) is 0 Å². The van der Waals surface area contributed by atoms with Crippen LogP contribution in [0.3, 0.4) is 0 Å². The normalized spacial score (nSPS) is 11.9. The summed E-state index contributed by atoms with van der Waals surface area (Å²) in [5.74, 6) is 0. The molecule has 4 nitrogen and oxygen atoms in total. The van der Waals surface area contributed by atoms with Crippen LogP contribution in [0.4, 0.5) is 5.69 Å². The molecule has 2 aromatic rings. The molecular weight excluding hydrogens is 284 g/mol. The Morgan fingerprint density at radius 2 is 2.29 bits per heavy atom. The van der Waals surface area contributed by atoms with E-state index in [2.05, 4.69) is 11.4 Å². The van der Waals surface area contributed by atoms with Crippen molar-refractivity contribution in [3.63, 3.8) is 0 Å². The molecule has 0 saturated carbocycles. The maximum Gasteiger partial charge on any atom is 0.0992 e. The quantitative estimate of drug-likeness (QED) is 0.825. The van der Waals surface area contributed by atoms with Crippen molar-refractivity contribution in [3.05, 3.63) is 51.7 Å². The van der Waals surface area contributed by atoms with Gasteiger partial charge in [-0.3, -0.25) is 0 Å². The molecule has 1 atom stereocenters. The summed E-state index contributed by atoms with van der Waals surface area (Å²) in [7, 11) is 0. The maximum atomic E-state index is 9.91. The lowest BCUT2D eigenvalue weighted by atomic mass is 10.1. The number of hydrogen-bond donors (Lipinski definition) is 2. The van der Waals surface area contributed by atoms with Gasteiger partial charge < -0.3 is 15.2 Å². The van der Waals surface area contributed by atoms with E-state index in [4.69, 9.17) is 10.00 Å². The number of nitrogens with zero attached hydrogens (tertiary/aromatic N) is 1. The van der Waals surface area contributed by atoms with Crippen molar-refractivity contribution in [3.8, 4) is 6.07 Å². The number of thiophene rings is 1. The van der Waals surface area contributed by atoms with Gasteiger partial charge in [0.25, 0.3) is 0 Å². The lowest BCUT2D eigenvalue weighted by Gasteiger charge is -2.14. The molecule has 0 bridgehead atoms. The molecule has 1 unspecified atom stereocenters. The number of benzene rings is 1. The Bertz CT molecular complexity index is 605. The van der Waals surface area contributed by atoms with Crippen molar-refractivity contribution in [2.24, 2.45) is 0 Å². The van der Waals surface area contributed by atoms with E-state index in [1.807, 2.05) is 30.5 Å². The van der Waals surface area contributed by atoms with E-state index in [-0.39, 0.29) is 6.61 Å². The number of nitrogens with one attached hydrogen (secondary N) is 1. The number of aliphatic hydroxyl groups excluding tert-OH is 1. The highest BCUT2D eigenvalue weighted by molar-refractivity contribution is 7.09. The number of aliphatic hydroxyl groups is 1. The molecule has 110 valence electrons. The van der Waals surface area contributed by atoms with Crippen LogP contribution in [0.5, 0.6) is 0 Å². The molecule has 0 aliphatic heterocycles. The summed E-state index contributed by atoms with van der Waals surface area (Å²) < 4.78 is 5.47. The lowest BCUT2D eigenvalue weighted by Crippen LogP contribution is -2.25. The standard InChI is InChI=1S/C16H18N2O2S/c1-12-4-5-13(8-17)7-16(12)18-9-14(19)10-20-11-15-3-2-6-21-15/h2-7,14,18-19H,9-11H2,1H3. The summed E-state index contributed by atoms with van der Waals surface area (Å²) in [6.45, 7) is 3.16. The Hall–Kier alpha value is -1.87. The summed E-state index contributed by atoms with van der Waals surface area (Å²) in [4.78, 5) is 1.15. The van der Waals surface area contributed by atoms with Crippen LogP contribution in [0.25, 0.3) is 0 Å². The van der Waals surface area contributed by atoms with Crippen LogP contribution >= 0.6 is 11.3 Å². The first kappa shape index (κ1) is 15.5. The van der Waals surface area contributed by atoms with Gasteiger partial charge in [0, 0.05) is 17.1 Å². The molecule has 1 aromatic heterocycles. The third-order valence-corrected chi connectivity index (χ3v) is 3.88. The van der Waals surface area contributed by atoms with Gasteiger partial charge in [0.1, 0.15) is 0 Å². The molecule has 0 fully saturated rings. The SMILES string of the molecule is Cc1ccc(C#N)cc1NCC(O)COCc1cccs1. The van der Waals surface area contributed by atoms with Crippen LogP contribution in [0.1, 0.15) is 16.0 Å². The summed E-state index contributed by atoms with van der Waals surface area (Å²) in [6.07, 6.45) is -0.588. The van der Waals surface area contributed by atoms with E-state index in [9.17, 15) is 5.11 Å². The van der Waals surface area contributed by atoms with Crippen LogP contribution in [-0.4, -0.2) is 24.4 Å². The highest BCUT2D eigenvalue weighted by Gasteiger charge is 2.06. The van der Waals surface area contributed by atoms with Crippen LogP contribution in [-0.2, 0) is 11.3 Å². The average Bonchev–Trinajstić information content (AvgIpc) is 3.00. The molecule has 0 amide bonds. The molecule has 0 radical (unpaired) electrons. The molecule has 1 heterocycles. The Balaban J connectivity index is 1.76. The first-order valence-corrected chi connectivity index (χ1v) is 7.60. The van der Waals surface area contributed by atoms with Crippen LogP contribution < -0.4 is 5.32 Å². The Morgan fingerprint density at radius 1 is 1.43 bits per heavy atom. The molecule has 0 spiro atoms. The molecule has 5 heteroatoms. The molecular formula is C16H18N2O2S. The van der Waals surface area contributed by atoms with E-state index in [0.29, 0.717) is 18.7 Å². The van der Waals surface area contributed by atoms with Crippen LogP contribution in [0, 0.1) is 18.3 Å². The number of hydrogen-bond acceptors (Lipinski definition) is 5. The summed E-state index contributed by atoms with van der Waals surface area (Å²) in [6, 6.07) is 11.5. The molecule has 0 aliphatic carbocycles. The molecule has 0 aliphatic rings. The third-order valence-electron chi connectivity index (χ3n) is 3.03. The predicted octanol–water partition coefficient (Wildman–Crippen LogP) is 2.92. The van der Waals surface area contributed by atoms with Crippen molar-refractivity contribution in [2.75, 3.05) is 18.5 Å². The summed E-state index contributed by atoms with van der Waals surface area (Å²) in [5, 5.41) is 24.0. The minimum absolute atomic E-state index is 0.280. The van der Waals surface area contributed by atoms with Gasteiger partial charge in [-0.25, -0.2) is 0 Å². The third kappa shape index (κ3) is 4.87. The monoisotopic (exact) mass is 302 g/mol. The maximum absolute atomic E-state index is 9.91. The number of rotatable bonds is 7. The second-order valence-electron chi connectivity index (χ2n) is 4.77. The van der Waals surface area contributed by atoms with Crippen LogP contribution in [0.15, 0.2) is 35.7 Å². The minimum Gasteiger partial charge on any atom is -0.389 e. The molecule has 1 aromatic carbocycles. The second-order valence-corrected chi connectivity index (χ2v) is 5.80. The lowest BCUT2D eigenvalue weighted by molar-refractivity contribution is 0.0359. The van der Waals surface area contributed by atoms with Gasteiger partial charge in [-0.1, -0.05) is 12.1 Å². The fourth-order valence-corrected chi connectivity index (χ4v) is 2.50. The fraction of sp³-hybridized carbons (Fsp3) is 0.312. The topological polar surface area (TPSA) is 65.3 Å². The molecule has 2 rings (SSSR count).